The molecule has 1 aromatic rings. The maximum absolute atomic E-state index is 12.4. The van der Waals surface area contributed by atoms with Crippen molar-refractivity contribution in [1.82, 2.24) is 4.90 Å². The summed E-state index contributed by atoms with van der Waals surface area (Å²) >= 11 is 0. The molecule has 0 bridgehead atoms. The first kappa shape index (κ1) is 14.9. The quantitative estimate of drug-likeness (QED) is 0.739. The van der Waals surface area contributed by atoms with Crippen molar-refractivity contribution in [3.05, 3.63) is 29.8 Å². The maximum atomic E-state index is 12.4. The van der Waals surface area contributed by atoms with Gasteiger partial charge in [0.05, 0.1) is 12.0 Å². The molecule has 1 fully saturated rings. The van der Waals surface area contributed by atoms with Crippen molar-refractivity contribution < 1.29 is 27.5 Å². The Labute approximate surface area is 124 Å². The molecule has 1 amide bonds. The standard InChI is InChI=1S/C15H14F3NO3/c16-15(17,18)13(21)19-7-5-14(6-8-19)9-11(20)10-3-1-2-4-12(10)22-14/h1-4H,5-9H2. The van der Waals surface area contributed by atoms with Crippen molar-refractivity contribution in [1.29, 1.82) is 0 Å². The number of amides is 1. The number of halogens is 3. The second kappa shape index (κ2) is 5.00. The van der Waals surface area contributed by atoms with Crippen molar-refractivity contribution in [3.63, 3.8) is 0 Å². The lowest BCUT2D eigenvalue weighted by atomic mass is 9.82. The number of para-hydroxylation sites is 1. The van der Waals surface area contributed by atoms with E-state index in [-0.39, 0.29) is 38.1 Å². The number of carbonyl (C=O) groups excluding carboxylic acids is 2. The SMILES string of the molecule is O=C1CC2(CCN(C(=O)C(F)(F)F)CC2)Oc2ccccc21. The molecule has 0 N–H and O–H groups in total. The molecule has 0 saturated carbocycles. The van der Waals surface area contributed by atoms with Gasteiger partial charge in [-0.05, 0) is 12.1 Å². The van der Waals surface area contributed by atoms with E-state index in [2.05, 4.69) is 0 Å². The highest BCUT2D eigenvalue weighted by Crippen LogP contribution is 2.39. The van der Waals surface area contributed by atoms with Gasteiger partial charge in [-0.1, -0.05) is 12.1 Å². The topological polar surface area (TPSA) is 46.6 Å². The maximum Gasteiger partial charge on any atom is 0.471 e. The minimum Gasteiger partial charge on any atom is -0.486 e. The Hall–Kier alpha value is -2.05. The van der Waals surface area contributed by atoms with E-state index in [1.807, 2.05) is 0 Å². The highest BCUT2D eigenvalue weighted by atomic mass is 19.4. The normalized spacial score (nSPS) is 20.5. The van der Waals surface area contributed by atoms with Crippen molar-refractivity contribution in [2.24, 2.45) is 0 Å². The summed E-state index contributed by atoms with van der Waals surface area (Å²) in [5.41, 5.74) is -0.296. The van der Waals surface area contributed by atoms with E-state index in [0.717, 1.165) is 4.90 Å². The molecule has 0 radical (unpaired) electrons. The molecule has 4 nitrogen and oxygen atoms in total. The lowest BCUT2D eigenvalue weighted by Gasteiger charge is -2.43. The molecule has 2 heterocycles. The van der Waals surface area contributed by atoms with E-state index >= 15 is 0 Å². The van der Waals surface area contributed by atoms with Crippen LogP contribution < -0.4 is 4.74 Å². The van der Waals surface area contributed by atoms with Gasteiger partial charge in [-0.25, -0.2) is 0 Å². The number of likely N-dealkylation sites (tertiary alicyclic amines) is 1. The fourth-order valence-corrected chi connectivity index (χ4v) is 3.02. The Kier molecular flexibility index (Phi) is 3.38. The highest BCUT2D eigenvalue weighted by Gasteiger charge is 2.48. The molecule has 0 aromatic heterocycles. The molecule has 0 unspecified atom stereocenters. The molecule has 118 valence electrons. The molecule has 7 heteroatoms. The first-order valence-corrected chi connectivity index (χ1v) is 6.98. The van der Waals surface area contributed by atoms with Gasteiger partial charge in [0.2, 0.25) is 0 Å². The Morgan fingerprint density at radius 2 is 1.82 bits per heavy atom. The molecule has 22 heavy (non-hydrogen) atoms. The van der Waals surface area contributed by atoms with E-state index in [0.29, 0.717) is 11.3 Å². The molecule has 1 saturated heterocycles. The first-order valence-electron chi connectivity index (χ1n) is 6.98. The number of ketones is 1. The van der Waals surface area contributed by atoms with Crippen LogP contribution in [0.15, 0.2) is 24.3 Å². The molecule has 1 aromatic carbocycles. The summed E-state index contributed by atoms with van der Waals surface area (Å²) in [6.45, 7) is -0.123. The minimum atomic E-state index is -4.86. The number of fused-ring (bicyclic) bond motifs is 1. The van der Waals surface area contributed by atoms with E-state index in [4.69, 9.17) is 4.74 Å². The average Bonchev–Trinajstić information content (AvgIpc) is 2.46. The molecule has 2 aliphatic heterocycles. The highest BCUT2D eigenvalue weighted by molar-refractivity contribution is 6.00. The Bertz CT molecular complexity index is 619. The fourth-order valence-electron chi connectivity index (χ4n) is 3.02. The van der Waals surface area contributed by atoms with Gasteiger partial charge < -0.3 is 9.64 Å². The molecule has 1 spiro atoms. The van der Waals surface area contributed by atoms with Crippen LogP contribution in [0.25, 0.3) is 0 Å². The third-order valence-corrected chi connectivity index (χ3v) is 4.20. The van der Waals surface area contributed by atoms with Crippen LogP contribution >= 0.6 is 0 Å². The monoisotopic (exact) mass is 313 g/mol. The van der Waals surface area contributed by atoms with Crippen molar-refractivity contribution >= 4 is 11.7 Å². The zero-order chi connectivity index (χ0) is 16.0. The van der Waals surface area contributed by atoms with Gasteiger partial charge in [-0.3, -0.25) is 9.59 Å². The van der Waals surface area contributed by atoms with Crippen LogP contribution in [-0.4, -0.2) is 41.5 Å². The summed E-state index contributed by atoms with van der Waals surface area (Å²) < 4.78 is 43.3. The van der Waals surface area contributed by atoms with Gasteiger partial charge in [0, 0.05) is 25.9 Å². The van der Waals surface area contributed by atoms with E-state index in [9.17, 15) is 22.8 Å². The summed E-state index contributed by atoms with van der Waals surface area (Å²) in [4.78, 5) is 24.2. The van der Waals surface area contributed by atoms with Gasteiger partial charge in [-0.2, -0.15) is 13.2 Å². The zero-order valence-electron chi connectivity index (χ0n) is 11.7. The van der Waals surface area contributed by atoms with Gasteiger partial charge >= 0.3 is 12.1 Å². The summed E-state index contributed by atoms with van der Waals surface area (Å²) in [5.74, 6) is -1.43. The second-order valence-electron chi connectivity index (χ2n) is 5.67. The van der Waals surface area contributed by atoms with Gasteiger partial charge in [0.25, 0.3) is 0 Å². The number of carbonyl (C=O) groups is 2. The Morgan fingerprint density at radius 3 is 2.45 bits per heavy atom. The van der Waals surface area contributed by atoms with Crippen molar-refractivity contribution in [2.45, 2.75) is 31.0 Å². The van der Waals surface area contributed by atoms with Crippen LogP contribution in [0.5, 0.6) is 5.75 Å². The third kappa shape index (κ3) is 2.55. The molecule has 3 rings (SSSR count). The smallest absolute Gasteiger partial charge is 0.471 e. The predicted octanol–water partition coefficient (Wildman–Crippen LogP) is 2.58. The number of piperidine rings is 1. The predicted molar refractivity (Wildman–Crippen MR) is 70.6 cm³/mol. The molecular weight excluding hydrogens is 299 g/mol. The van der Waals surface area contributed by atoms with Crippen molar-refractivity contribution in [3.8, 4) is 5.75 Å². The summed E-state index contributed by atoms with van der Waals surface area (Å²) in [7, 11) is 0. The van der Waals surface area contributed by atoms with Crippen LogP contribution in [0.2, 0.25) is 0 Å². The lowest BCUT2D eigenvalue weighted by molar-refractivity contribution is -0.188. The van der Waals surface area contributed by atoms with Crippen molar-refractivity contribution in [2.75, 3.05) is 13.1 Å². The summed E-state index contributed by atoms with van der Waals surface area (Å²) in [6, 6.07) is 6.84. The number of nitrogens with zero attached hydrogens (tertiary/aromatic N) is 1. The second-order valence-corrected chi connectivity index (χ2v) is 5.67. The lowest BCUT2D eigenvalue weighted by Crippen LogP contribution is -2.54. The van der Waals surface area contributed by atoms with E-state index in [1.165, 1.54) is 0 Å². The number of alkyl halides is 3. The first-order chi connectivity index (χ1) is 10.3. The Morgan fingerprint density at radius 1 is 1.18 bits per heavy atom. The number of ether oxygens (including phenoxy) is 1. The number of Topliss-reactive ketones (excluding diaryl/α,β-unsaturated/α-hetero) is 1. The number of hydrogen-bond acceptors (Lipinski definition) is 3. The van der Waals surface area contributed by atoms with Gasteiger partial charge in [-0.15, -0.1) is 0 Å². The van der Waals surface area contributed by atoms with Gasteiger partial charge in [0.15, 0.2) is 5.78 Å². The fraction of sp³-hybridized carbons (Fsp3) is 0.467. The molecule has 0 aliphatic carbocycles. The Balaban J connectivity index is 1.74. The number of rotatable bonds is 0. The van der Waals surface area contributed by atoms with Crippen LogP contribution in [0.4, 0.5) is 13.2 Å². The van der Waals surface area contributed by atoms with E-state index < -0.39 is 17.7 Å². The molecular formula is C15H14F3NO3. The summed E-state index contributed by atoms with van der Waals surface area (Å²) in [5, 5.41) is 0. The number of hydrogen-bond donors (Lipinski definition) is 0. The van der Waals surface area contributed by atoms with Crippen LogP contribution in [-0.2, 0) is 4.79 Å². The summed E-state index contributed by atoms with van der Waals surface area (Å²) in [6.07, 6.45) is -4.29. The number of benzene rings is 1. The largest absolute Gasteiger partial charge is 0.486 e. The van der Waals surface area contributed by atoms with E-state index in [1.54, 1.807) is 24.3 Å². The zero-order valence-corrected chi connectivity index (χ0v) is 11.7. The minimum absolute atomic E-state index is 0.0617. The van der Waals surface area contributed by atoms with Crippen LogP contribution in [0.1, 0.15) is 29.6 Å². The van der Waals surface area contributed by atoms with Gasteiger partial charge in [0.1, 0.15) is 11.4 Å². The molecule has 0 atom stereocenters. The average molecular weight is 313 g/mol. The third-order valence-electron chi connectivity index (χ3n) is 4.20. The van der Waals surface area contributed by atoms with Crippen LogP contribution in [0.3, 0.4) is 0 Å². The van der Waals surface area contributed by atoms with Crippen LogP contribution in [0, 0.1) is 0 Å². The molecule has 2 aliphatic rings.